The molecular weight excluding hydrogens is 200 g/mol. The summed E-state index contributed by atoms with van der Waals surface area (Å²) in [5.74, 6) is 0.526. The van der Waals surface area contributed by atoms with E-state index >= 15 is 0 Å². The average molecular weight is 222 g/mol. The summed E-state index contributed by atoms with van der Waals surface area (Å²) in [6, 6.07) is 0. The zero-order valence-electron chi connectivity index (χ0n) is 10.1. The maximum absolute atomic E-state index is 12.3. The van der Waals surface area contributed by atoms with Crippen LogP contribution in [0.25, 0.3) is 0 Å². The highest BCUT2D eigenvalue weighted by molar-refractivity contribution is 6.07. The zero-order chi connectivity index (χ0) is 11.4. The second-order valence-electron chi connectivity index (χ2n) is 5.40. The van der Waals surface area contributed by atoms with Gasteiger partial charge in [-0.3, -0.25) is 9.59 Å². The topological polar surface area (TPSA) is 34.1 Å². The standard InChI is InChI=1S/C14H22O2/c15-12-8-4-3-5-9-13(16)14(12)10-6-1-2-7-11-14/h1-11H2. The van der Waals surface area contributed by atoms with Gasteiger partial charge in [0.25, 0.3) is 0 Å². The van der Waals surface area contributed by atoms with Crippen molar-refractivity contribution in [2.45, 2.75) is 70.6 Å². The third kappa shape index (κ3) is 2.21. The highest BCUT2D eigenvalue weighted by atomic mass is 16.2. The average Bonchev–Trinajstić information content (AvgIpc) is 2.53. The van der Waals surface area contributed by atoms with E-state index in [-0.39, 0.29) is 11.6 Å². The van der Waals surface area contributed by atoms with Crippen LogP contribution in [-0.4, -0.2) is 11.6 Å². The molecule has 90 valence electrons. The third-order valence-corrected chi connectivity index (χ3v) is 4.33. The van der Waals surface area contributed by atoms with E-state index in [0.29, 0.717) is 12.8 Å². The summed E-state index contributed by atoms with van der Waals surface area (Å²) in [6.07, 6.45) is 10.5. The minimum absolute atomic E-state index is 0.263. The lowest BCUT2D eigenvalue weighted by Crippen LogP contribution is -2.39. The predicted molar refractivity (Wildman–Crippen MR) is 63.2 cm³/mol. The Morgan fingerprint density at radius 2 is 1.06 bits per heavy atom. The van der Waals surface area contributed by atoms with E-state index in [1.165, 1.54) is 12.8 Å². The number of rotatable bonds is 0. The molecule has 2 aliphatic rings. The molecule has 0 bridgehead atoms. The molecule has 1 spiro atoms. The van der Waals surface area contributed by atoms with E-state index in [1.54, 1.807) is 0 Å². The van der Waals surface area contributed by atoms with Crippen molar-refractivity contribution in [3.05, 3.63) is 0 Å². The van der Waals surface area contributed by atoms with Gasteiger partial charge in [0.2, 0.25) is 0 Å². The van der Waals surface area contributed by atoms with E-state index in [2.05, 4.69) is 0 Å². The van der Waals surface area contributed by atoms with Crippen LogP contribution in [0.1, 0.15) is 70.6 Å². The van der Waals surface area contributed by atoms with E-state index < -0.39 is 5.41 Å². The lowest BCUT2D eigenvalue weighted by atomic mass is 9.69. The van der Waals surface area contributed by atoms with Crippen molar-refractivity contribution >= 4 is 11.6 Å². The SMILES string of the molecule is O=C1CCCCCC(=O)C12CCCCCC2. The Morgan fingerprint density at radius 3 is 1.56 bits per heavy atom. The van der Waals surface area contributed by atoms with Crippen molar-refractivity contribution in [3.63, 3.8) is 0 Å². The van der Waals surface area contributed by atoms with Crippen molar-refractivity contribution in [2.24, 2.45) is 5.41 Å². The van der Waals surface area contributed by atoms with Crippen LogP contribution in [0.15, 0.2) is 0 Å². The van der Waals surface area contributed by atoms with Crippen LogP contribution in [-0.2, 0) is 9.59 Å². The second kappa shape index (κ2) is 5.11. The second-order valence-corrected chi connectivity index (χ2v) is 5.40. The molecule has 2 nitrogen and oxygen atoms in total. The Hall–Kier alpha value is -0.660. The molecule has 0 aliphatic heterocycles. The van der Waals surface area contributed by atoms with Gasteiger partial charge in [0.05, 0.1) is 5.41 Å². The van der Waals surface area contributed by atoms with Crippen molar-refractivity contribution < 1.29 is 9.59 Å². The Balaban J connectivity index is 2.22. The monoisotopic (exact) mass is 222 g/mol. The summed E-state index contributed by atoms with van der Waals surface area (Å²) >= 11 is 0. The first-order chi connectivity index (χ1) is 7.76. The summed E-state index contributed by atoms with van der Waals surface area (Å²) in [7, 11) is 0. The predicted octanol–water partition coefficient (Wildman–Crippen LogP) is 3.43. The maximum atomic E-state index is 12.3. The van der Waals surface area contributed by atoms with Crippen LogP contribution < -0.4 is 0 Å². The molecular formula is C14H22O2. The molecule has 2 heteroatoms. The number of hydrogen-bond acceptors (Lipinski definition) is 2. The van der Waals surface area contributed by atoms with Crippen molar-refractivity contribution in [1.29, 1.82) is 0 Å². The van der Waals surface area contributed by atoms with Gasteiger partial charge in [-0.1, -0.05) is 32.1 Å². The van der Waals surface area contributed by atoms with Gasteiger partial charge in [0.1, 0.15) is 11.6 Å². The zero-order valence-corrected chi connectivity index (χ0v) is 10.1. The lowest BCUT2D eigenvalue weighted by Gasteiger charge is -2.31. The molecule has 2 saturated carbocycles. The minimum atomic E-state index is -0.545. The molecule has 2 fully saturated rings. The molecule has 0 heterocycles. The quantitative estimate of drug-likeness (QED) is 0.588. The van der Waals surface area contributed by atoms with Crippen LogP contribution in [0.4, 0.5) is 0 Å². The molecule has 0 unspecified atom stereocenters. The fourth-order valence-electron chi connectivity index (χ4n) is 3.27. The highest BCUT2D eigenvalue weighted by Crippen LogP contribution is 2.40. The summed E-state index contributed by atoms with van der Waals surface area (Å²) in [5, 5.41) is 0. The molecule has 16 heavy (non-hydrogen) atoms. The molecule has 0 aromatic rings. The minimum Gasteiger partial charge on any atom is -0.299 e. The number of ketones is 2. The Morgan fingerprint density at radius 1 is 0.625 bits per heavy atom. The van der Waals surface area contributed by atoms with E-state index in [1.807, 2.05) is 0 Å². The van der Waals surface area contributed by atoms with Crippen LogP contribution in [0.5, 0.6) is 0 Å². The summed E-state index contributed by atoms with van der Waals surface area (Å²) in [5.41, 5.74) is -0.545. The van der Waals surface area contributed by atoms with Crippen molar-refractivity contribution in [2.75, 3.05) is 0 Å². The van der Waals surface area contributed by atoms with Crippen LogP contribution in [0.2, 0.25) is 0 Å². The third-order valence-electron chi connectivity index (χ3n) is 4.33. The molecule has 0 atom stereocenters. The van der Waals surface area contributed by atoms with Gasteiger partial charge in [0.15, 0.2) is 0 Å². The summed E-state index contributed by atoms with van der Waals surface area (Å²) in [6.45, 7) is 0. The molecule has 0 amide bonds. The van der Waals surface area contributed by atoms with E-state index in [9.17, 15) is 9.59 Å². The molecule has 0 aromatic carbocycles. The van der Waals surface area contributed by atoms with Gasteiger partial charge in [-0.2, -0.15) is 0 Å². The van der Waals surface area contributed by atoms with Gasteiger partial charge in [0, 0.05) is 12.8 Å². The first-order valence-corrected chi connectivity index (χ1v) is 6.82. The number of carbonyl (C=O) groups excluding carboxylic acids is 2. The molecule has 0 aromatic heterocycles. The van der Waals surface area contributed by atoms with Crippen LogP contribution in [0.3, 0.4) is 0 Å². The summed E-state index contributed by atoms with van der Waals surface area (Å²) in [4.78, 5) is 24.6. The van der Waals surface area contributed by atoms with Gasteiger partial charge < -0.3 is 0 Å². The summed E-state index contributed by atoms with van der Waals surface area (Å²) < 4.78 is 0. The smallest absolute Gasteiger partial charge is 0.146 e. The lowest BCUT2D eigenvalue weighted by molar-refractivity contribution is -0.142. The Kier molecular flexibility index (Phi) is 3.78. The Bertz CT molecular complexity index is 252. The first-order valence-electron chi connectivity index (χ1n) is 6.82. The fraction of sp³-hybridized carbons (Fsp3) is 0.857. The maximum Gasteiger partial charge on any atom is 0.146 e. The highest BCUT2D eigenvalue weighted by Gasteiger charge is 2.44. The van der Waals surface area contributed by atoms with Gasteiger partial charge in [-0.25, -0.2) is 0 Å². The van der Waals surface area contributed by atoms with Crippen LogP contribution >= 0.6 is 0 Å². The van der Waals surface area contributed by atoms with Gasteiger partial charge in [-0.05, 0) is 25.7 Å². The fourth-order valence-corrected chi connectivity index (χ4v) is 3.27. The molecule has 0 saturated heterocycles. The van der Waals surface area contributed by atoms with Gasteiger partial charge in [-0.15, -0.1) is 0 Å². The van der Waals surface area contributed by atoms with Gasteiger partial charge >= 0.3 is 0 Å². The largest absolute Gasteiger partial charge is 0.299 e. The Labute approximate surface area is 97.8 Å². The number of carbonyl (C=O) groups is 2. The normalized spacial score (nSPS) is 27.2. The molecule has 0 radical (unpaired) electrons. The van der Waals surface area contributed by atoms with Crippen molar-refractivity contribution in [3.8, 4) is 0 Å². The number of Topliss-reactive ketones (excluding diaryl/α,β-unsaturated/α-hetero) is 2. The molecule has 2 aliphatic carbocycles. The van der Waals surface area contributed by atoms with E-state index in [0.717, 1.165) is 44.9 Å². The number of hydrogen-bond donors (Lipinski definition) is 0. The van der Waals surface area contributed by atoms with Crippen molar-refractivity contribution in [1.82, 2.24) is 0 Å². The molecule has 0 N–H and O–H groups in total. The van der Waals surface area contributed by atoms with E-state index in [4.69, 9.17) is 0 Å². The first kappa shape index (κ1) is 11.8. The molecule has 2 rings (SSSR count). The van der Waals surface area contributed by atoms with Crippen LogP contribution in [0, 0.1) is 5.41 Å².